The van der Waals surface area contributed by atoms with Crippen LogP contribution >= 0.6 is 11.3 Å². The zero-order valence-corrected chi connectivity index (χ0v) is 9.11. The molecule has 0 saturated carbocycles. The minimum Gasteiger partial charge on any atom is -0.192 e. The van der Waals surface area contributed by atoms with Crippen LogP contribution in [0.4, 0.5) is 0 Å². The molecule has 1 aromatic heterocycles. The Morgan fingerprint density at radius 3 is 2.86 bits per heavy atom. The summed E-state index contributed by atoms with van der Waals surface area (Å²) in [5, 5.41) is 10.1. The summed E-state index contributed by atoms with van der Waals surface area (Å²) in [5.74, 6) is 0. The van der Waals surface area contributed by atoms with E-state index in [2.05, 4.69) is 26.0 Å². The van der Waals surface area contributed by atoms with Gasteiger partial charge in [-0.05, 0) is 31.0 Å². The van der Waals surface area contributed by atoms with Crippen LogP contribution in [-0.4, -0.2) is 0 Å². The highest BCUT2D eigenvalue weighted by molar-refractivity contribution is 7.19. The maximum Gasteiger partial charge on any atom is 0.0998 e. The summed E-state index contributed by atoms with van der Waals surface area (Å²) >= 11 is 1.80. The molecule has 14 heavy (non-hydrogen) atoms. The van der Waals surface area contributed by atoms with Crippen molar-refractivity contribution in [3.05, 3.63) is 34.2 Å². The van der Waals surface area contributed by atoms with Crippen molar-refractivity contribution in [2.75, 3.05) is 0 Å². The Balaban J connectivity index is 2.87. The molecule has 0 N–H and O–H groups in total. The molecule has 0 atom stereocenters. The number of hydrogen-bond donors (Lipinski definition) is 0. The Kier molecular flexibility index (Phi) is 2.26. The number of nitriles is 1. The van der Waals surface area contributed by atoms with Gasteiger partial charge in [0.1, 0.15) is 0 Å². The smallest absolute Gasteiger partial charge is 0.0998 e. The van der Waals surface area contributed by atoms with Crippen molar-refractivity contribution in [3.8, 4) is 6.07 Å². The van der Waals surface area contributed by atoms with Crippen molar-refractivity contribution in [1.29, 1.82) is 5.26 Å². The Morgan fingerprint density at radius 2 is 2.21 bits per heavy atom. The van der Waals surface area contributed by atoms with E-state index >= 15 is 0 Å². The molecule has 0 fully saturated rings. The summed E-state index contributed by atoms with van der Waals surface area (Å²) in [7, 11) is 0. The lowest BCUT2D eigenvalue weighted by Crippen LogP contribution is -1.80. The van der Waals surface area contributed by atoms with E-state index < -0.39 is 0 Å². The van der Waals surface area contributed by atoms with Gasteiger partial charge < -0.3 is 0 Å². The van der Waals surface area contributed by atoms with E-state index in [1.54, 1.807) is 11.3 Å². The molecule has 0 unspecified atom stereocenters. The van der Waals surface area contributed by atoms with Gasteiger partial charge in [-0.3, -0.25) is 0 Å². The second-order valence-corrected chi connectivity index (χ2v) is 4.43. The van der Waals surface area contributed by atoms with Gasteiger partial charge >= 0.3 is 0 Å². The van der Waals surface area contributed by atoms with Gasteiger partial charge in [-0.2, -0.15) is 5.26 Å². The number of thiophene rings is 1. The monoisotopic (exact) mass is 201 g/mol. The van der Waals surface area contributed by atoms with E-state index in [-0.39, 0.29) is 0 Å². The minimum absolute atomic E-state index is 0.802. The standard InChI is InChI=1S/C12H11NS/c1-3-10-8(2)12-9(7-13)5-4-6-11(12)14-10/h4-6H,3H2,1-2H3. The molecular formula is C12H11NS. The van der Waals surface area contributed by atoms with Crippen molar-refractivity contribution in [2.24, 2.45) is 0 Å². The number of benzene rings is 1. The number of nitrogens with zero attached hydrogens (tertiary/aromatic N) is 1. The molecule has 0 radical (unpaired) electrons. The maximum absolute atomic E-state index is 9.00. The predicted octanol–water partition coefficient (Wildman–Crippen LogP) is 3.64. The summed E-state index contributed by atoms with van der Waals surface area (Å²) in [6.07, 6.45) is 1.05. The van der Waals surface area contributed by atoms with Crippen LogP contribution in [0.15, 0.2) is 18.2 Å². The summed E-state index contributed by atoms with van der Waals surface area (Å²) in [6.45, 7) is 4.27. The van der Waals surface area contributed by atoms with Crippen LogP contribution in [0.25, 0.3) is 10.1 Å². The predicted molar refractivity (Wildman–Crippen MR) is 60.7 cm³/mol. The van der Waals surface area contributed by atoms with E-state index in [0.717, 1.165) is 17.4 Å². The van der Waals surface area contributed by atoms with Gasteiger partial charge in [0.15, 0.2) is 0 Å². The van der Waals surface area contributed by atoms with Crippen molar-refractivity contribution in [3.63, 3.8) is 0 Å². The highest BCUT2D eigenvalue weighted by Crippen LogP contribution is 2.33. The quantitative estimate of drug-likeness (QED) is 0.691. The first-order chi connectivity index (χ1) is 6.77. The third-order valence-electron chi connectivity index (χ3n) is 2.49. The summed E-state index contributed by atoms with van der Waals surface area (Å²) in [6, 6.07) is 8.19. The molecule has 2 rings (SSSR count). The summed E-state index contributed by atoms with van der Waals surface area (Å²) in [5.41, 5.74) is 2.08. The first-order valence-corrected chi connectivity index (χ1v) is 5.50. The van der Waals surface area contributed by atoms with E-state index in [4.69, 9.17) is 5.26 Å². The Hall–Kier alpha value is -1.33. The van der Waals surface area contributed by atoms with Crippen LogP contribution in [-0.2, 0) is 6.42 Å². The van der Waals surface area contributed by atoms with Gasteiger partial charge in [-0.15, -0.1) is 11.3 Å². The van der Waals surface area contributed by atoms with Crippen LogP contribution in [0.1, 0.15) is 22.9 Å². The van der Waals surface area contributed by atoms with Gasteiger partial charge in [-0.1, -0.05) is 13.0 Å². The highest BCUT2D eigenvalue weighted by atomic mass is 32.1. The van der Waals surface area contributed by atoms with E-state index in [1.165, 1.54) is 15.1 Å². The van der Waals surface area contributed by atoms with Gasteiger partial charge in [0.2, 0.25) is 0 Å². The fourth-order valence-corrected chi connectivity index (χ4v) is 2.96. The lowest BCUT2D eigenvalue weighted by atomic mass is 10.1. The van der Waals surface area contributed by atoms with E-state index in [1.807, 2.05) is 12.1 Å². The minimum atomic E-state index is 0.802. The average Bonchev–Trinajstić information content (AvgIpc) is 2.55. The second kappa shape index (κ2) is 3.43. The van der Waals surface area contributed by atoms with Crippen molar-refractivity contribution in [1.82, 2.24) is 0 Å². The summed E-state index contributed by atoms with van der Waals surface area (Å²) in [4.78, 5) is 1.39. The van der Waals surface area contributed by atoms with Gasteiger partial charge in [-0.25, -0.2) is 0 Å². The molecular weight excluding hydrogens is 190 g/mol. The molecule has 0 aliphatic heterocycles. The van der Waals surface area contributed by atoms with Crippen molar-refractivity contribution >= 4 is 21.4 Å². The third-order valence-corrected chi connectivity index (χ3v) is 3.90. The molecule has 1 heterocycles. The average molecular weight is 201 g/mol. The lowest BCUT2D eigenvalue weighted by molar-refractivity contribution is 1.16. The Bertz CT molecular complexity index is 517. The van der Waals surface area contributed by atoms with Crippen LogP contribution in [0.5, 0.6) is 0 Å². The molecule has 2 aromatic rings. The first-order valence-electron chi connectivity index (χ1n) is 4.69. The van der Waals surface area contributed by atoms with Crippen LogP contribution in [0.2, 0.25) is 0 Å². The molecule has 1 nitrogen and oxygen atoms in total. The number of fused-ring (bicyclic) bond motifs is 1. The zero-order chi connectivity index (χ0) is 10.1. The second-order valence-electron chi connectivity index (χ2n) is 3.29. The van der Waals surface area contributed by atoms with Crippen molar-refractivity contribution in [2.45, 2.75) is 20.3 Å². The number of hydrogen-bond acceptors (Lipinski definition) is 2. The van der Waals surface area contributed by atoms with Gasteiger partial charge in [0.05, 0.1) is 11.6 Å². The molecule has 2 heteroatoms. The SMILES string of the molecule is CCc1sc2cccc(C#N)c2c1C. The molecule has 70 valence electrons. The molecule has 0 saturated heterocycles. The molecule has 0 spiro atoms. The fourth-order valence-electron chi connectivity index (χ4n) is 1.78. The molecule has 1 aromatic carbocycles. The largest absolute Gasteiger partial charge is 0.192 e. The lowest BCUT2D eigenvalue weighted by Gasteiger charge is -1.95. The highest BCUT2D eigenvalue weighted by Gasteiger charge is 2.09. The summed E-state index contributed by atoms with van der Waals surface area (Å²) < 4.78 is 1.23. The number of aryl methyl sites for hydroxylation is 2. The molecule has 0 aliphatic carbocycles. The van der Waals surface area contributed by atoms with Crippen LogP contribution in [0.3, 0.4) is 0 Å². The molecule has 0 bridgehead atoms. The third kappa shape index (κ3) is 1.21. The molecule has 0 amide bonds. The van der Waals surface area contributed by atoms with Crippen LogP contribution in [0, 0.1) is 18.3 Å². The van der Waals surface area contributed by atoms with Gasteiger partial charge in [0, 0.05) is 15.0 Å². The Morgan fingerprint density at radius 1 is 1.43 bits per heavy atom. The van der Waals surface area contributed by atoms with Gasteiger partial charge in [0.25, 0.3) is 0 Å². The van der Waals surface area contributed by atoms with E-state index in [9.17, 15) is 0 Å². The molecule has 0 aliphatic rings. The van der Waals surface area contributed by atoms with E-state index in [0.29, 0.717) is 0 Å². The van der Waals surface area contributed by atoms with Crippen molar-refractivity contribution < 1.29 is 0 Å². The number of rotatable bonds is 1. The first kappa shape index (κ1) is 9.23. The van der Waals surface area contributed by atoms with Crippen LogP contribution < -0.4 is 0 Å². The topological polar surface area (TPSA) is 23.8 Å². The Labute approximate surface area is 87.6 Å². The fraction of sp³-hybridized carbons (Fsp3) is 0.250. The zero-order valence-electron chi connectivity index (χ0n) is 8.29. The maximum atomic E-state index is 9.00. The normalized spacial score (nSPS) is 10.4.